The Balaban J connectivity index is 1.58. The number of rotatable bonds is 5. The number of nitrogens with one attached hydrogen (secondary N) is 2. The minimum atomic E-state index is -0.170. The lowest BCUT2D eigenvalue weighted by Gasteiger charge is -2.22. The minimum Gasteiger partial charge on any atom is -0.508 e. The highest BCUT2D eigenvalue weighted by atomic mass is 16.3. The molecule has 6 heteroatoms. The van der Waals surface area contributed by atoms with E-state index in [1.54, 1.807) is 12.1 Å². The molecule has 136 valence electrons. The molecule has 6 nitrogen and oxygen atoms in total. The number of phenolic OH excluding ortho intramolecular Hbond substituents is 1. The van der Waals surface area contributed by atoms with Crippen molar-refractivity contribution in [3.8, 4) is 5.75 Å². The lowest BCUT2D eigenvalue weighted by atomic mass is 10.2. The van der Waals surface area contributed by atoms with Crippen LogP contribution in [0.25, 0.3) is 0 Å². The maximum Gasteiger partial charge on any atom is 0.251 e. The Morgan fingerprint density at radius 1 is 1.15 bits per heavy atom. The Morgan fingerprint density at radius 3 is 2.69 bits per heavy atom. The lowest BCUT2D eigenvalue weighted by molar-refractivity contribution is 0.0955. The third kappa shape index (κ3) is 4.14. The largest absolute Gasteiger partial charge is 0.508 e. The van der Waals surface area contributed by atoms with E-state index in [0.29, 0.717) is 18.7 Å². The van der Waals surface area contributed by atoms with Crippen molar-refractivity contribution in [2.75, 3.05) is 31.1 Å². The van der Waals surface area contributed by atoms with Gasteiger partial charge in [-0.2, -0.15) is 0 Å². The SMILES string of the molecule is CCNC(=NCCNC(=O)c1ccc(O)cc1)N1CCc2ccccc21. The molecular formula is C20H24N4O2. The zero-order valence-corrected chi connectivity index (χ0v) is 14.9. The number of phenols is 1. The number of guanidine groups is 1. The summed E-state index contributed by atoms with van der Waals surface area (Å²) >= 11 is 0. The highest BCUT2D eigenvalue weighted by Gasteiger charge is 2.22. The lowest BCUT2D eigenvalue weighted by Crippen LogP contribution is -2.41. The number of anilines is 1. The Labute approximate surface area is 153 Å². The van der Waals surface area contributed by atoms with E-state index in [2.05, 4.69) is 38.7 Å². The Kier molecular flexibility index (Phi) is 5.73. The third-order valence-electron chi connectivity index (χ3n) is 4.27. The molecule has 0 fully saturated rings. The van der Waals surface area contributed by atoms with Gasteiger partial charge in [0.15, 0.2) is 5.96 Å². The molecule has 0 spiro atoms. The molecule has 1 aliphatic rings. The number of amides is 1. The highest BCUT2D eigenvalue weighted by molar-refractivity contribution is 5.98. The quantitative estimate of drug-likeness (QED) is 0.438. The zero-order chi connectivity index (χ0) is 18.4. The van der Waals surface area contributed by atoms with Gasteiger partial charge in [-0.15, -0.1) is 0 Å². The maximum absolute atomic E-state index is 12.1. The molecule has 26 heavy (non-hydrogen) atoms. The summed E-state index contributed by atoms with van der Waals surface area (Å²) < 4.78 is 0. The average Bonchev–Trinajstić information content (AvgIpc) is 3.08. The van der Waals surface area contributed by atoms with Gasteiger partial charge < -0.3 is 20.6 Å². The van der Waals surface area contributed by atoms with Crippen LogP contribution in [-0.4, -0.2) is 43.2 Å². The van der Waals surface area contributed by atoms with Crippen molar-refractivity contribution < 1.29 is 9.90 Å². The summed E-state index contributed by atoms with van der Waals surface area (Å²) in [5.41, 5.74) is 3.05. The van der Waals surface area contributed by atoms with E-state index in [1.807, 2.05) is 13.0 Å². The van der Waals surface area contributed by atoms with Gasteiger partial charge in [0.25, 0.3) is 5.91 Å². The second kappa shape index (κ2) is 8.38. The Bertz CT molecular complexity index is 787. The number of benzene rings is 2. The molecule has 1 amide bonds. The third-order valence-corrected chi connectivity index (χ3v) is 4.27. The van der Waals surface area contributed by atoms with Crippen molar-refractivity contribution in [3.63, 3.8) is 0 Å². The summed E-state index contributed by atoms with van der Waals surface area (Å²) in [5, 5.41) is 15.5. The fraction of sp³-hybridized carbons (Fsp3) is 0.300. The van der Waals surface area contributed by atoms with Crippen molar-refractivity contribution in [3.05, 3.63) is 59.7 Å². The number of aliphatic imine (C=N–C) groups is 1. The summed E-state index contributed by atoms with van der Waals surface area (Å²) in [5.74, 6) is 0.820. The number of carbonyl (C=O) groups excluding carboxylic acids is 1. The molecule has 2 aromatic carbocycles. The van der Waals surface area contributed by atoms with Crippen LogP contribution in [0.3, 0.4) is 0 Å². The summed E-state index contributed by atoms with van der Waals surface area (Å²) in [7, 11) is 0. The van der Waals surface area contributed by atoms with Crippen LogP contribution in [0.15, 0.2) is 53.5 Å². The number of nitrogens with zero attached hydrogens (tertiary/aromatic N) is 2. The molecule has 1 aliphatic heterocycles. The standard InChI is InChI=1S/C20H24N4O2/c1-2-21-20(24-14-11-15-5-3-4-6-18(15)24)23-13-12-22-19(26)16-7-9-17(25)10-8-16/h3-10,25H,2,11-14H2,1H3,(H,21,23)(H,22,26). The number of aromatic hydroxyl groups is 1. The van der Waals surface area contributed by atoms with Gasteiger partial charge in [-0.3, -0.25) is 9.79 Å². The Morgan fingerprint density at radius 2 is 1.92 bits per heavy atom. The van der Waals surface area contributed by atoms with Crippen molar-refractivity contribution in [1.29, 1.82) is 0 Å². The molecule has 0 unspecified atom stereocenters. The fourth-order valence-electron chi connectivity index (χ4n) is 3.00. The molecule has 1 heterocycles. The smallest absolute Gasteiger partial charge is 0.251 e. The summed E-state index contributed by atoms with van der Waals surface area (Å²) in [6.07, 6.45) is 1.01. The molecule has 0 aromatic heterocycles. The van der Waals surface area contributed by atoms with Crippen LogP contribution in [0, 0.1) is 0 Å². The van der Waals surface area contributed by atoms with Gasteiger partial charge in [-0.05, 0) is 49.2 Å². The highest BCUT2D eigenvalue weighted by Crippen LogP contribution is 2.27. The van der Waals surface area contributed by atoms with Crippen LogP contribution in [0.1, 0.15) is 22.8 Å². The maximum atomic E-state index is 12.1. The monoisotopic (exact) mass is 352 g/mol. The van der Waals surface area contributed by atoms with E-state index in [9.17, 15) is 9.90 Å². The molecule has 0 bridgehead atoms. The molecule has 3 N–H and O–H groups in total. The molecule has 2 aromatic rings. The van der Waals surface area contributed by atoms with Crippen molar-refractivity contribution >= 4 is 17.6 Å². The van der Waals surface area contributed by atoms with E-state index in [0.717, 1.165) is 25.5 Å². The van der Waals surface area contributed by atoms with Crippen molar-refractivity contribution in [2.45, 2.75) is 13.3 Å². The van der Waals surface area contributed by atoms with E-state index < -0.39 is 0 Å². The van der Waals surface area contributed by atoms with Gasteiger partial charge in [0.1, 0.15) is 5.75 Å². The molecule has 0 aliphatic carbocycles. The number of fused-ring (bicyclic) bond motifs is 1. The second-order valence-corrected chi connectivity index (χ2v) is 6.07. The van der Waals surface area contributed by atoms with Gasteiger partial charge in [0.2, 0.25) is 0 Å². The zero-order valence-electron chi connectivity index (χ0n) is 14.9. The van der Waals surface area contributed by atoms with Crippen molar-refractivity contribution in [1.82, 2.24) is 10.6 Å². The predicted molar refractivity (Wildman–Crippen MR) is 104 cm³/mol. The topological polar surface area (TPSA) is 77.0 Å². The van der Waals surface area contributed by atoms with Crippen LogP contribution in [-0.2, 0) is 6.42 Å². The summed E-state index contributed by atoms with van der Waals surface area (Å²) in [6.45, 7) is 4.68. The molecule has 0 saturated carbocycles. The minimum absolute atomic E-state index is 0.146. The average molecular weight is 352 g/mol. The Hall–Kier alpha value is -3.02. The molecule has 0 radical (unpaired) electrons. The molecule has 0 saturated heterocycles. The number of hydrogen-bond donors (Lipinski definition) is 3. The first kappa shape index (κ1) is 17.8. The van der Waals surface area contributed by atoms with E-state index in [4.69, 9.17) is 0 Å². The van der Waals surface area contributed by atoms with Crippen LogP contribution in [0.2, 0.25) is 0 Å². The number of para-hydroxylation sites is 1. The van der Waals surface area contributed by atoms with Gasteiger partial charge in [-0.1, -0.05) is 18.2 Å². The van der Waals surface area contributed by atoms with Gasteiger partial charge in [0.05, 0.1) is 6.54 Å². The first-order valence-electron chi connectivity index (χ1n) is 8.90. The summed E-state index contributed by atoms with van der Waals surface area (Å²) in [6, 6.07) is 14.6. The number of carbonyl (C=O) groups is 1. The van der Waals surface area contributed by atoms with Crippen LogP contribution in [0.5, 0.6) is 5.75 Å². The predicted octanol–water partition coefficient (Wildman–Crippen LogP) is 2.15. The van der Waals surface area contributed by atoms with E-state index >= 15 is 0 Å². The summed E-state index contributed by atoms with van der Waals surface area (Å²) in [4.78, 5) is 18.9. The molecular weight excluding hydrogens is 328 g/mol. The van der Waals surface area contributed by atoms with Gasteiger partial charge in [0, 0.05) is 30.9 Å². The molecule has 3 rings (SSSR count). The van der Waals surface area contributed by atoms with Crippen LogP contribution >= 0.6 is 0 Å². The van der Waals surface area contributed by atoms with Crippen molar-refractivity contribution in [2.24, 2.45) is 4.99 Å². The van der Waals surface area contributed by atoms with Crippen LogP contribution < -0.4 is 15.5 Å². The first-order chi connectivity index (χ1) is 12.7. The first-order valence-corrected chi connectivity index (χ1v) is 8.90. The van der Waals surface area contributed by atoms with Crippen LogP contribution in [0.4, 0.5) is 5.69 Å². The molecule has 0 atom stereocenters. The van der Waals surface area contributed by atoms with E-state index in [1.165, 1.54) is 23.4 Å². The van der Waals surface area contributed by atoms with Gasteiger partial charge >= 0.3 is 0 Å². The van der Waals surface area contributed by atoms with Gasteiger partial charge in [-0.25, -0.2) is 0 Å². The fourth-order valence-corrected chi connectivity index (χ4v) is 3.00. The normalized spacial score (nSPS) is 13.4. The van der Waals surface area contributed by atoms with E-state index in [-0.39, 0.29) is 11.7 Å². The second-order valence-electron chi connectivity index (χ2n) is 6.07. The number of hydrogen-bond acceptors (Lipinski definition) is 3.